The zero-order valence-electron chi connectivity index (χ0n) is 22.3. The summed E-state index contributed by atoms with van der Waals surface area (Å²) in [6.07, 6.45) is 6.04. The lowest BCUT2D eigenvalue weighted by Crippen LogP contribution is -2.50. The Kier molecular flexibility index (Phi) is 10.2. The Hall–Kier alpha value is -1.99. The number of carbonyl (C=O) groups excluding carboxylic acids is 2. The van der Waals surface area contributed by atoms with Crippen molar-refractivity contribution in [3.05, 3.63) is 74.8 Å². The fraction of sp³-hybridized carbons (Fsp3) is 0.448. The first-order chi connectivity index (χ1) is 17.4. The Bertz CT molecular complexity index is 1140. The molecular weight excluding hydrogens is 529 g/mol. The van der Waals surface area contributed by atoms with Gasteiger partial charge in [0.2, 0.25) is 5.91 Å². The maximum atomic E-state index is 13.8. The van der Waals surface area contributed by atoms with Gasteiger partial charge in [0.05, 0.1) is 25.1 Å². The van der Waals surface area contributed by atoms with E-state index in [0.29, 0.717) is 35.2 Å². The third-order valence-electron chi connectivity index (χ3n) is 6.61. The van der Waals surface area contributed by atoms with E-state index < -0.39 is 0 Å². The summed E-state index contributed by atoms with van der Waals surface area (Å²) >= 11 is 12.5. The number of hydrogen-bond acceptors (Lipinski definition) is 4. The van der Waals surface area contributed by atoms with Crippen molar-refractivity contribution in [1.82, 2.24) is 4.90 Å². The van der Waals surface area contributed by atoms with Crippen molar-refractivity contribution in [2.75, 3.05) is 19.5 Å². The second-order valence-corrected chi connectivity index (χ2v) is 13.2. The van der Waals surface area contributed by atoms with Gasteiger partial charge in [-0.15, -0.1) is 0 Å². The molecule has 3 rings (SSSR count). The first-order valence-corrected chi connectivity index (χ1v) is 14.7. The van der Waals surface area contributed by atoms with E-state index in [1.54, 1.807) is 31.2 Å². The number of amides is 1. The van der Waals surface area contributed by atoms with Crippen LogP contribution < -0.4 is 0 Å². The summed E-state index contributed by atoms with van der Waals surface area (Å²) in [6.45, 7) is 11.0. The zero-order valence-corrected chi connectivity index (χ0v) is 24.7. The van der Waals surface area contributed by atoms with Crippen molar-refractivity contribution < 1.29 is 18.5 Å². The van der Waals surface area contributed by atoms with Crippen LogP contribution in [0.4, 0.5) is 0 Å². The lowest BCUT2D eigenvalue weighted by molar-refractivity contribution is -0.137. The van der Waals surface area contributed by atoms with Crippen molar-refractivity contribution in [2.45, 2.75) is 64.3 Å². The molecule has 1 unspecified atom stereocenters. The van der Waals surface area contributed by atoms with Crippen LogP contribution in [0.15, 0.2) is 42.5 Å². The van der Waals surface area contributed by atoms with Crippen LogP contribution in [-0.2, 0) is 42.5 Å². The molecule has 200 valence electrons. The maximum absolute atomic E-state index is 13.8. The normalized spacial score (nSPS) is 18.5. The van der Waals surface area contributed by atoms with E-state index in [0.717, 1.165) is 16.7 Å². The van der Waals surface area contributed by atoms with Gasteiger partial charge in [0.25, 0.3) is 0 Å². The molecule has 1 aliphatic heterocycles. The van der Waals surface area contributed by atoms with Crippen molar-refractivity contribution in [3.8, 4) is 0 Å². The van der Waals surface area contributed by atoms with Crippen LogP contribution >= 0.6 is 23.2 Å². The molecule has 5 nitrogen and oxygen atoms in total. The molecule has 0 saturated heterocycles. The topological polar surface area (TPSA) is 55.8 Å². The van der Waals surface area contributed by atoms with Gasteiger partial charge in [-0.2, -0.15) is 4.18 Å². The van der Waals surface area contributed by atoms with Gasteiger partial charge in [-0.25, -0.2) is 4.79 Å². The van der Waals surface area contributed by atoms with E-state index in [1.807, 2.05) is 30.0 Å². The molecule has 3 atom stereocenters. The van der Waals surface area contributed by atoms with Crippen molar-refractivity contribution >= 4 is 52.3 Å². The molecule has 0 spiro atoms. The minimum atomic E-state index is -0.377. The van der Waals surface area contributed by atoms with Crippen LogP contribution in [0.1, 0.15) is 62.9 Å². The van der Waals surface area contributed by atoms with Crippen LogP contribution in [0.25, 0.3) is 6.08 Å². The highest BCUT2D eigenvalue weighted by atomic mass is 35.5. The predicted molar refractivity (Wildman–Crippen MR) is 154 cm³/mol. The van der Waals surface area contributed by atoms with Crippen LogP contribution in [0.3, 0.4) is 0 Å². The summed E-state index contributed by atoms with van der Waals surface area (Å²) in [5.41, 5.74) is 3.72. The fourth-order valence-electron chi connectivity index (χ4n) is 4.41. The smallest absolute Gasteiger partial charge is 0.330 e. The largest absolute Gasteiger partial charge is 0.463 e. The van der Waals surface area contributed by atoms with Crippen LogP contribution in [0.2, 0.25) is 10.0 Å². The monoisotopic (exact) mass is 564 g/mol. The average Bonchev–Trinajstić information content (AvgIpc) is 2.83. The number of fused-ring (bicyclic) bond motifs is 1. The van der Waals surface area contributed by atoms with Crippen LogP contribution in [-0.4, -0.2) is 47.0 Å². The molecule has 1 heterocycles. The van der Waals surface area contributed by atoms with Gasteiger partial charge in [0, 0.05) is 16.1 Å². The molecular formula is C29H36Cl2NO4S+. The second kappa shape index (κ2) is 12.7. The van der Waals surface area contributed by atoms with E-state index in [9.17, 15) is 9.59 Å². The lowest BCUT2D eigenvalue weighted by Gasteiger charge is -2.42. The molecule has 2 aromatic carbocycles. The highest BCUT2D eigenvalue weighted by molar-refractivity contribution is 7.93. The number of esters is 1. The van der Waals surface area contributed by atoms with Gasteiger partial charge in [-0.3, -0.25) is 4.79 Å². The number of carbonyl (C=O) groups is 2. The molecule has 0 bridgehead atoms. The first-order valence-electron chi connectivity index (χ1n) is 12.4. The Morgan fingerprint density at radius 1 is 1.14 bits per heavy atom. The lowest BCUT2D eigenvalue weighted by atomic mass is 9.85. The van der Waals surface area contributed by atoms with Gasteiger partial charge >= 0.3 is 5.97 Å². The van der Waals surface area contributed by atoms with Gasteiger partial charge in [0.15, 0.2) is 4.75 Å². The zero-order chi connectivity index (χ0) is 27.3. The Morgan fingerprint density at radius 3 is 2.41 bits per heavy atom. The number of rotatable bonds is 8. The molecule has 8 heteroatoms. The average molecular weight is 566 g/mol. The minimum absolute atomic E-state index is 0.00828. The second-order valence-electron chi connectivity index (χ2n) is 10.1. The van der Waals surface area contributed by atoms with E-state index >= 15 is 0 Å². The predicted octanol–water partition coefficient (Wildman–Crippen LogP) is 6.60. The van der Waals surface area contributed by atoms with Crippen molar-refractivity contribution in [1.29, 1.82) is 0 Å². The van der Waals surface area contributed by atoms with Gasteiger partial charge in [-0.05, 0) is 81.5 Å². The molecule has 0 radical (unpaired) electrons. The minimum Gasteiger partial charge on any atom is -0.463 e. The SMILES string of the molecule is CCOC(=O)/C=C/c1cccc2c1C[C@H](CO[S+](C)C(C)(C)C)N(C(=O)Cc1c(Cl)cccc1Cl)[C@H]2C. The summed E-state index contributed by atoms with van der Waals surface area (Å²) < 4.78 is 11.4. The third kappa shape index (κ3) is 7.32. The molecule has 0 fully saturated rings. The molecule has 0 aromatic heterocycles. The quantitative estimate of drug-likeness (QED) is 0.206. The third-order valence-corrected chi connectivity index (χ3v) is 9.53. The first kappa shape index (κ1) is 29.6. The molecule has 2 aromatic rings. The molecule has 1 aliphatic rings. The van der Waals surface area contributed by atoms with Gasteiger partial charge in [-0.1, -0.05) is 47.5 Å². The number of ether oxygens (including phenoxy) is 1. The highest BCUT2D eigenvalue weighted by Crippen LogP contribution is 2.37. The van der Waals surface area contributed by atoms with Crippen molar-refractivity contribution in [3.63, 3.8) is 0 Å². The number of hydrogen-bond donors (Lipinski definition) is 0. The summed E-state index contributed by atoms with van der Waals surface area (Å²) in [7, 11) is 0. The standard InChI is InChI=1S/C29H36Cl2NO4S/c1-7-35-28(34)15-14-20-10-8-11-22-19(2)32(27(33)17-24-25(30)12-9-13-26(24)31)21(16-23(20)22)18-36-37(6)29(3,4)5/h8-15,19,21H,7,16-18H2,1-6H3/q+1/b15-14+/t19-,21+,37?/m0/s1. The molecule has 0 saturated carbocycles. The van der Waals surface area contributed by atoms with Crippen molar-refractivity contribution in [2.24, 2.45) is 0 Å². The van der Waals surface area contributed by atoms with Crippen LogP contribution in [0, 0.1) is 0 Å². The summed E-state index contributed by atoms with van der Waals surface area (Å²) in [6, 6.07) is 10.9. The highest BCUT2D eigenvalue weighted by Gasteiger charge is 2.39. The number of halogens is 2. The molecule has 37 heavy (non-hydrogen) atoms. The van der Waals surface area contributed by atoms with E-state index in [2.05, 4.69) is 27.0 Å². The molecule has 1 amide bonds. The summed E-state index contributed by atoms with van der Waals surface area (Å²) in [4.78, 5) is 27.7. The van der Waals surface area contributed by atoms with E-state index in [-0.39, 0.29) is 46.3 Å². The van der Waals surface area contributed by atoms with E-state index in [4.69, 9.17) is 32.1 Å². The summed E-state index contributed by atoms with van der Waals surface area (Å²) in [5, 5.41) is 0.959. The Balaban J connectivity index is 1.97. The van der Waals surface area contributed by atoms with Crippen LogP contribution in [0.5, 0.6) is 0 Å². The Labute approximate surface area is 233 Å². The molecule has 0 aliphatic carbocycles. The van der Waals surface area contributed by atoms with Gasteiger partial charge < -0.3 is 9.64 Å². The fourth-order valence-corrected chi connectivity index (χ4v) is 5.66. The summed E-state index contributed by atoms with van der Waals surface area (Å²) in [5.74, 6) is -0.432. The Morgan fingerprint density at radius 2 is 1.78 bits per heavy atom. The number of benzene rings is 2. The number of nitrogens with zero attached hydrogens (tertiary/aromatic N) is 1. The maximum Gasteiger partial charge on any atom is 0.330 e. The van der Waals surface area contributed by atoms with E-state index in [1.165, 1.54) is 6.08 Å². The van der Waals surface area contributed by atoms with Gasteiger partial charge in [0.1, 0.15) is 24.0 Å². The molecule has 0 N–H and O–H groups in total.